The minimum absolute atomic E-state index is 0.0273. The molecule has 120 valence electrons. The number of amides is 2. The average Bonchev–Trinajstić information content (AvgIpc) is 2.47. The van der Waals surface area contributed by atoms with E-state index < -0.39 is 17.9 Å². The second-order valence-electron chi connectivity index (χ2n) is 4.78. The predicted octanol–water partition coefficient (Wildman–Crippen LogP) is -1.84. The summed E-state index contributed by atoms with van der Waals surface area (Å²) in [7, 11) is 0. The second-order valence-corrected chi connectivity index (χ2v) is 4.78. The summed E-state index contributed by atoms with van der Waals surface area (Å²) in [6.07, 6.45) is 0. The van der Waals surface area contributed by atoms with Gasteiger partial charge in [-0.3, -0.25) is 14.5 Å². The quantitative estimate of drug-likeness (QED) is 0.441. The smallest absolute Gasteiger partial charge is 0.332 e. The van der Waals surface area contributed by atoms with Crippen LogP contribution in [0.1, 0.15) is 13.8 Å². The van der Waals surface area contributed by atoms with Crippen molar-refractivity contribution in [3.8, 4) is 0 Å². The summed E-state index contributed by atoms with van der Waals surface area (Å²) in [5, 5.41) is 2.73. The van der Waals surface area contributed by atoms with Gasteiger partial charge < -0.3 is 20.7 Å². The van der Waals surface area contributed by atoms with Crippen molar-refractivity contribution in [2.45, 2.75) is 19.9 Å². The zero-order valence-corrected chi connectivity index (χ0v) is 12.6. The molecule has 1 aliphatic rings. The lowest BCUT2D eigenvalue weighted by molar-refractivity contribution is -0.151. The Bertz CT molecular complexity index is 380. The third kappa shape index (κ3) is 5.31. The SMILES string of the molecule is CCNC(=O)CN1CCN(C(=O)C(N)C(=O)OCC)CC1. The molecule has 1 atom stereocenters. The van der Waals surface area contributed by atoms with Crippen LogP contribution in [0.3, 0.4) is 0 Å². The van der Waals surface area contributed by atoms with Gasteiger partial charge in [0.2, 0.25) is 5.91 Å². The van der Waals surface area contributed by atoms with Gasteiger partial charge in [0.15, 0.2) is 6.04 Å². The van der Waals surface area contributed by atoms with Crippen molar-refractivity contribution < 1.29 is 19.1 Å². The molecule has 2 amide bonds. The number of likely N-dealkylation sites (N-methyl/N-ethyl adjacent to an activating group) is 1. The summed E-state index contributed by atoms with van der Waals surface area (Å²) in [4.78, 5) is 38.5. The van der Waals surface area contributed by atoms with E-state index in [1.54, 1.807) is 6.92 Å². The van der Waals surface area contributed by atoms with E-state index in [-0.39, 0.29) is 12.5 Å². The van der Waals surface area contributed by atoms with Crippen molar-refractivity contribution in [2.75, 3.05) is 45.9 Å². The minimum Gasteiger partial charge on any atom is -0.464 e. The van der Waals surface area contributed by atoms with Crippen molar-refractivity contribution in [2.24, 2.45) is 5.73 Å². The fourth-order valence-electron chi connectivity index (χ4n) is 2.11. The predicted molar refractivity (Wildman–Crippen MR) is 76.3 cm³/mol. The molecule has 0 aromatic heterocycles. The van der Waals surface area contributed by atoms with Crippen LogP contribution in [0.25, 0.3) is 0 Å². The highest BCUT2D eigenvalue weighted by molar-refractivity contribution is 6.01. The number of ether oxygens (including phenoxy) is 1. The number of piperazine rings is 1. The Morgan fingerprint density at radius 2 is 1.81 bits per heavy atom. The van der Waals surface area contributed by atoms with E-state index >= 15 is 0 Å². The molecule has 0 aromatic rings. The van der Waals surface area contributed by atoms with Gasteiger partial charge in [0.05, 0.1) is 13.2 Å². The number of nitrogens with one attached hydrogen (secondary N) is 1. The molecule has 1 saturated heterocycles. The van der Waals surface area contributed by atoms with Crippen LogP contribution in [0.5, 0.6) is 0 Å². The number of rotatable bonds is 6. The van der Waals surface area contributed by atoms with Crippen LogP contribution in [0.15, 0.2) is 0 Å². The molecule has 1 heterocycles. The van der Waals surface area contributed by atoms with Gasteiger partial charge in [0, 0.05) is 32.7 Å². The van der Waals surface area contributed by atoms with Gasteiger partial charge in [0.25, 0.3) is 5.91 Å². The van der Waals surface area contributed by atoms with Crippen LogP contribution in [0.2, 0.25) is 0 Å². The van der Waals surface area contributed by atoms with E-state index in [9.17, 15) is 14.4 Å². The maximum atomic E-state index is 12.0. The molecule has 1 fully saturated rings. The fraction of sp³-hybridized carbons (Fsp3) is 0.769. The fourth-order valence-corrected chi connectivity index (χ4v) is 2.11. The van der Waals surface area contributed by atoms with Crippen molar-refractivity contribution in [1.29, 1.82) is 0 Å². The molecule has 1 rings (SSSR count). The van der Waals surface area contributed by atoms with E-state index in [4.69, 9.17) is 10.5 Å². The maximum absolute atomic E-state index is 12.0. The maximum Gasteiger partial charge on any atom is 0.332 e. The highest BCUT2D eigenvalue weighted by Gasteiger charge is 2.30. The first-order valence-electron chi connectivity index (χ1n) is 7.19. The van der Waals surface area contributed by atoms with Crippen molar-refractivity contribution in [3.63, 3.8) is 0 Å². The summed E-state index contributed by atoms with van der Waals surface area (Å²) in [6, 6.07) is -1.26. The number of hydrogen-bond donors (Lipinski definition) is 2. The zero-order chi connectivity index (χ0) is 15.8. The summed E-state index contributed by atoms with van der Waals surface area (Å²) in [6.45, 7) is 6.71. The number of nitrogens with zero attached hydrogens (tertiary/aromatic N) is 2. The molecular formula is C13H24N4O4. The number of carbonyl (C=O) groups is 3. The molecule has 0 saturated carbocycles. The average molecular weight is 300 g/mol. The number of nitrogens with two attached hydrogens (primary N) is 1. The molecule has 3 N–H and O–H groups in total. The second kappa shape index (κ2) is 8.58. The van der Waals surface area contributed by atoms with E-state index in [2.05, 4.69) is 5.32 Å². The molecule has 8 nitrogen and oxygen atoms in total. The standard InChI is InChI=1S/C13H24N4O4/c1-3-15-10(18)9-16-5-7-17(8-6-16)12(19)11(14)13(20)21-4-2/h11H,3-9,14H2,1-2H3,(H,15,18). The lowest BCUT2D eigenvalue weighted by Gasteiger charge is -2.35. The van der Waals surface area contributed by atoms with Crippen LogP contribution in [0.4, 0.5) is 0 Å². The largest absolute Gasteiger partial charge is 0.464 e. The normalized spacial score (nSPS) is 17.2. The first-order valence-corrected chi connectivity index (χ1v) is 7.19. The van der Waals surface area contributed by atoms with Gasteiger partial charge >= 0.3 is 5.97 Å². The van der Waals surface area contributed by atoms with Crippen molar-refractivity contribution in [3.05, 3.63) is 0 Å². The van der Waals surface area contributed by atoms with Crippen LogP contribution in [-0.4, -0.2) is 79.5 Å². The van der Waals surface area contributed by atoms with Gasteiger partial charge in [-0.05, 0) is 13.8 Å². The first-order chi connectivity index (χ1) is 9.99. The van der Waals surface area contributed by atoms with Gasteiger partial charge in [-0.15, -0.1) is 0 Å². The Morgan fingerprint density at radius 3 is 2.33 bits per heavy atom. The minimum atomic E-state index is -1.26. The van der Waals surface area contributed by atoms with Crippen LogP contribution >= 0.6 is 0 Å². The Morgan fingerprint density at radius 1 is 1.19 bits per heavy atom. The Hall–Kier alpha value is -1.67. The molecule has 1 unspecified atom stereocenters. The number of carbonyl (C=O) groups excluding carboxylic acids is 3. The zero-order valence-electron chi connectivity index (χ0n) is 12.6. The van der Waals surface area contributed by atoms with Gasteiger partial charge in [-0.1, -0.05) is 0 Å². The van der Waals surface area contributed by atoms with E-state index in [1.807, 2.05) is 11.8 Å². The summed E-state index contributed by atoms with van der Waals surface area (Å²) in [5.74, 6) is -1.15. The molecule has 1 aliphatic heterocycles. The lowest BCUT2D eigenvalue weighted by Crippen LogP contribution is -2.56. The van der Waals surface area contributed by atoms with E-state index in [0.717, 1.165) is 0 Å². The topological polar surface area (TPSA) is 105 Å². The third-order valence-corrected chi connectivity index (χ3v) is 3.23. The molecular weight excluding hydrogens is 276 g/mol. The first kappa shape index (κ1) is 17.4. The van der Waals surface area contributed by atoms with Crippen LogP contribution < -0.4 is 11.1 Å². The Balaban J connectivity index is 2.40. The Kier molecular flexibility index (Phi) is 7.10. The number of hydrogen-bond acceptors (Lipinski definition) is 6. The lowest BCUT2D eigenvalue weighted by atomic mass is 10.2. The van der Waals surface area contributed by atoms with Crippen molar-refractivity contribution in [1.82, 2.24) is 15.1 Å². The molecule has 0 radical (unpaired) electrons. The summed E-state index contributed by atoms with van der Waals surface area (Å²) < 4.78 is 4.74. The molecule has 0 aliphatic carbocycles. The third-order valence-electron chi connectivity index (χ3n) is 3.23. The van der Waals surface area contributed by atoms with E-state index in [0.29, 0.717) is 39.3 Å². The van der Waals surface area contributed by atoms with Gasteiger partial charge in [0.1, 0.15) is 0 Å². The summed E-state index contributed by atoms with van der Waals surface area (Å²) in [5.41, 5.74) is 5.59. The van der Waals surface area contributed by atoms with Gasteiger partial charge in [-0.25, -0.2) is 4.79 Å². The molecule has 21 heavy (non-hydrogen) atoms. The van der Waals surface area contributed by atoms with Crippen LogP contribution in [0, 0.1) is 0 Å². The molecule has 0 spiro atoms. The monoisotopic (exact) mass is 300 g/mol. The summed E-state index contributed by atoms with van der Waals surface area (Å²) >= 11 is 0. The van der Waals surface area contributed by atoms with Crippen LogP contribution in [-0.2, 0) is 19.1 Å². The Labute approximate surface area is 124 Å². The van der Waals surface area contributed by atoms with Crippen molar-refractivity contribution >= 4 is 17.8 Å². The molecule has 0 bridgehead atoms. The highest BCUT2D eigenvalue weighted by Crippen LogP contribution is 2.04. The number of esters is 1. The van der Waals surface area contributed by atoms with Gasteiger partial charge in [-0.2, -0.15) is 0 Å². The highest BCUT2D eigenvalue weighted by atomic mass is 16.5. The molecule has 8 heteroatoms. The van der Waals surface area contributed by atoms with E-state index in [1.165, 1.54) is 4.90 Å². The molecule has 0 aromatic carbocycles.